The Morgan fingerprint density at radius 2 is 1.49 bits per heavy atom. The van der Waals surface area contributed by atoms with Crippen LogP contribution in [-0.2, 0) is 28.2 Å². The first-order valence-corrected chi connectivity index (χ1v) is 11.9. The van der Waals surface area contributed by atoms with Crippen LogP contribution in [0.1, 0.15) is 34.1 Å². The highest BCUT2D eigenvalue weighted by Crippen LogP contribution is 2.40. The van der Waals surface area contributed by atoms with E-state index in [1.54, 1.807) is 0 Å². The molecule has 37 heavy (non-hydrogen) atoms. The molecule has 0 atom stereocenters. The first kappa shape index (κ1) is 30.6. The number of carboxylic acid groups (broad SMARTS) is 2. The zero-order valence-corrected chi connectivity index (χ0v) is 21.2. The average Bonchev–Trinajstić information content (AvgIpc) is 3.37. The van der Waals surface area contributed by atoms with Crippen LogP contribution >= 0.6 is 11.3 Å². The van der Waals surface area contributed by atoms with Crippen molar-refractivity contribution in [3.63, 3.8) is 0 Å². The van der Waals surface area contributed by atoms with Crippen molar-refractivity contribution >= 4 is 23.3 Å². The number of rotatable bonds is 2. The van der Waals surface area contributed by atoms with Crippen LogP contribution in [0.15, 0.2) is 18.3 Å². The van der Waals surface area contributed by atoms with Gasteiger partial charge in [0, 0.05) is 54.4 Å². The number of aliphatic carboxylic acids is 2. The lowest BCUT2D eigenvalue weighted by Crippen LogP contribution is -2.56. The molecule has 0 bridgehead atoms. The van der Waals surface area contributed by atoms with Gasteiger partial charge >= 0.3 is 24.3 Å². The fraction of sp³-hybridized carbons (Fsp3) is 0.591. The van der Waals surface area contributed by atoms with Crippen LogP contribution in [0.25, 0.3) is 0 Å². The Bertz CT molecular complexity index is 1050. The van der Waals surface area contributed by atoms with Gasteiger partial charge in [-0.3, -0.25) is 9.80 Å². The molecule has 1 fully saturated rings. The van der Waals surface area contributed by atoms with Gasteiger partial charge < -0.3 is 14.8 Å². The van der Waals surface area contributed by atoms with Gasteiger partial charge in [0.15, 0.2) is 0 Å². The molecule has 1 saturated heterocycles. The van der Waals surface area contributed by atoms with E-state index in [9.17, 15) is 26.3 Å². The second kappa shape index (κ2) is 11.8. The number of alkyl halides is 6. The van der Waals surface area contributed by atoms with Gasteiger partial charge in [0.25, 0.3) is 0 Å². The summed E-state index contributed by atoms with van der Waals surface area (Å²) in [5, 5.41) is 14.2. The van der Waals surface area contributed by atoms with Gasteiger partial charge in [-0.1, -0.05) is 0 Å². The standard InChI is InChI=1S/C18H26N4S.2C2HF3O2/c1-14-12-19-17-18(20(3)10-11-22(14)17)6-8-21(9-7-18)13-16-5-4-15(2)23-16;2*3-2(4,5)1(6)7/h4-5,12H,6-11,13H2,1-3H3;2*(H,6,7). The number of likely N-dealkylation sites (tertiary alicyclic amines) is 1. The summed E-state index contributed by atoms with van der Waals surface area (Å²) < 4.78 is 65.9. The third-order valence-corrected chi connectivity index (χ3v) is 7.19. The molecule has 208 valence electrons. The molecule has 2 aromatic rings. The Balaban J connectivity index is 0.000000286. The number of hydrogen-bond donors (Lipinski definition) is 2. The Labute approximate surface area is 213 Å². The molecule has 2 aromatic heterocycles. The SMILES string of the molecule is Cc1ccc(CN2CCC3(CC2)c2ncc(C)n2CCN3C)s1.O=C(O)C(F)(F)F.O=C(O)C(F)(F)F. The van der Waals surface area contributed by atoms with Gasteiger partial charge in [0.05, 0.1) is 5.54 Å². The van der Waals surface area contributed by atoms with E-state index in [1.165, 1.54) is 34.1 Å². The molecular formula is C22H28F6N4O4S. The molecule has 8 nitrogen and oxygen atoms in total. The number of carbonyl (C=O) groups is 2. The highest BCUT2D eigenvalue weighted by molar-refractivity contribution is 7.11. The number of aryl methyl sites for hydroxylation is 2. The molecular weight excluding hydrogens is 530 g/mol. The van der Waals surface area contributed by atoms with Crippen LogP contribution in [0.5, 0.6) is 0 Å². The van der Waals surface area contributed by atoms with E-state index in [1.807, 2.05) is 11.3 Å². The summed E-state index contributed by atoms with van der Waals surface area (Å²) in [4.78, 5) is 30.7. The van der Waals surface area contributed by atoms with E-state index in [4.69, 9.17) is 24.8 Å². The van der Waals surface area contributed by atoms with Crippen LogP contribution in [0.3, 0.4) is 0 Å². The fourth-order valence-electron chi connectivity index (χ4n) is 4.23. The summed E-state index contributed by atoms with van der Waals surface area (Å²) in [5.41, 5.74) is 1.46. The monoisotopic (exact) mass is 558 g/mol. The number of piperidine rings is 1. The van der Waals surface area contributed by atoms with E-state index < -0.39 is 24.3 Å². The topological polar surface area (TPSA) is 98.9 Å². The molecule has 0 aliphatic carbocycles. The lowest BCUT2D eigenvalue weighted by molar-refractivity contribution is -0.193. The molecule has 15 heteroatoms. The molecule has 2 aliphatic rings. The summed E-state index contributed by atoms with van der Waals surface area (Å²) in [7, 11) is 2.28. The smallest absolute Gasteiger partial charge is 0.475 e. The predicted octanol–water partition coefficient (Wildman–Crippen LogP) is 4.26. The average molecular weight is 559 g/mol. The van der Waals surface area contributed by atoms with Crippen molar-refractivity contribution in [2.75, 3.05) is 26.7 Å². The van der Waals surface area contributed by atoms with Crippen molar-refractivity contribution in [3.05, 3.63) is 39.6 Å². The maximum atomic E-state index is 10.6. The normalized spacial score (nSPS) is 17.8. The summed E-state index contributed by atoms with van der Waals surface area (Å²) in [6.45, 7) is 10.0. The zero-order chi connectivity index (χ0) is 28.2. The van der Waals surface area contributed by atoms with E-state index in [2.05, 4.69) is 53.6 Å². The Kier molecular flexibility index (Phi) is 9.76. The largest absolute Gasteiger partial charge is 0.490 e. The Morgan fingerprint density at radius 3 is 1.92 bits per heavy atom. The van der Waals surface area contributed by atoms with Crippen LogP contribution in [-0.4, -0.2) is 80.5 Å². The van der Waals surface area contributed by atoms with Crippen molar-refractivity contribution in [1.29, 1.82) is 0 Å². The van der Waals surface area contributed by atoms with Crippen LogP contribution < -0.4 is 0 Å². The van der Waals surface area contributed by atoms with E-state index >= 15 is 0 Å². The van der Waals surface area contributed by atoms with Crippen LogP contribution in [0.2, 0.25) is 0 Å². The molecule has 0 amide bonds. The van der Waals surface area contributed by atoms with Crippen molar-refractivity contribution in [1.82, 2.24) is 19.4 Å². The highest BCUT2D eigenvalue weighted by Gasteiger charge is 2.45. The van der Waals surface area contributed by atoms with Gasteiger partial charge in [0.2, 0.25) is 0 Å². The van der Waals surface area contributed by atoms with Gasteiger partial charge in [-0.15, -0.1) is 11.3 Å². The number of likely N-dealkylation sites (N-methyl/N-ethyl adjacent to an activating group) is 1. The van der Waals surface area contributed by atoms with Gasteiger partial charge in [-0.25, -0.2) is 14.6 Å². The molecule has 4 heterocycles. The molecule has 1 spiro atoms. The van der Waals surface area contributed by atoms with Crippen molar-refractivity contribution in [2.24, 2.45) is 0 Å². The molecule has 0 saturated carbocycles. The van der Waals surface area contributed by atoms with Crippen LogP contribution in [0, 0.1) is 13.8 Å². The molecule has 2 N–H and O–H groups in total. The number of hydrogen-bond acceptors (Lipinski definition) is 6. The lowest BCUT2D eigenvalue weighted by atomic mass is 9.83. The number of halogens is 6. The maximum Gasteiger partial charge on any atom is 0.490 e. The number of carboxylic acids is 2. The second-order valence-corrected chi connectivity index (χ2v) is 10.1. The number of nitrogens with zero attached hydrogens (tertiary/aromatic N) is 4. The summed E-state index contributed by atoms with van der Waals surface area (Å²) in [5.74, 6) is -4.21. The minimum atomic E-state index is -5.08. The molecule has 2 aliphatic heterocycles. The number of imidazole rings is 1. The Morgan fingerprint density at radius 1 is 0.973 bits per heavy atom. The van der Waals surface area contributed by atoms with Crippen LogP contribution in [0.4, 0.5) is 26.3 Å². The summed E-state index contributed by atoms with van der Waals surface area (Å²) in [6, 6.07) is 4.52. The number of aromatic nitrogens is 2. The lowest BCUT2D eigenvalue weighted by Gasteiger charge is -2.49. The first-order chi connectivity index (χ1) is 17.0. The van der Waals surface area contributed by atoms with Crippen molar-refractivity contribution < 1.29 is 46.1 Å². The maximum absolute atomic E-state index is 10.6. The van der Waals surface area contributed by atoms with Gasteiger partial charge in [-0.05, 0) is 45.9 Å². The molecule has 0 aromatic carbocycles. The molecule has 4 rings (SSSR count). The second-order valence-electron chi connectivity index (χ2n) is 8.72. The van der Waals surface area contributed by atoms with E-state index in [-0.39, 0.29) is 5.54 Å². The zero-order valence-electron chi connectivity index (χ0n) is 20.4. The Hall–Kier alpha value is -2.65. The fourth-order valence-corrected chi connectivity index (χ4v) is 5.16. The third-order valence-electron chi connectivity index (χ3n) is 6.20. The van der Waals surface area contributed by atoms with Crippen molar-refractivity contribution in [3.8, 4) is 0 Å². The number of fused-ring (bicyclic) bond motifs is 2. The summed E-state index contributed by atoms with van der Waals surface area (Å²) in [6.07, 6.45) is -5.74. The third kappa shape index (κ3) is 7.92. The van der Waals surface area contributed by atoms with Gasteiger partial charge in [-0.2, -0.15) is 26.3 Å². The quantitative estimate of drug-likeness (QED) is 0.532. The first-order valence-electron chi connectivity index (χ1n) is 11.1. The highest BCUT2D eigenvalue weighted by atomic mass is 32.1. The van der Waals surface area contributed by atoms with E-state index in [0.717, 1.165) is 32.7 Å². The molecule has 0 unspecified atom stereocenters. The molecule has 0 radical (unpaired) electrons. The van der Waals surface area contributed by atoms with E-state index in [0.29, 0.717) is 0 Å². The minimum Gasteiger partial charge on any atom is -0.475 e. The minimum absolute atomic E-state index is 0.147. The predicted molar refractivity (Wildman–Crippen MR) is 122 cm³/mol. The number of thiophene rings is 1. The van der Waals surface area contributed by atoms with Crippen molar-refractivity contribution in [2.45, 2.75) is 57.7 Å². The van der Waals surface area contributed by atoms with Gasteiger partial charge in [0.1, 0.15) is 5.82 Å². The summed E-state index contributed by atoms with van der Waals surface area (Å²) >= 11 is 1.93.